The summed E-state index contributed by atoms with van der Waals surface area (Å²) >= 11 is 0. The maximum Gasteiger partial charge on any atom is 0.274 e. The molecule has 2 aromatic heterocycles. The van der Waals surface area contributed by atoms with Crippen LogP contribution in [0.5, 0.6) is 0 Å². The lowest BCUT2D eigenvalue weighted by atomic mass is 10.1. The van der Waals surface area contributed by atoms with Crippen molar-refractivity contribution in [3.8, 4) is 17.1 Å². The standard InChI is InChI=1S/C25H24N4O3/c1-3-28(4-2)25(31)18-12-14-19(15-13-18)26-24(30)22-17-21(23-11-8-16-32-23)27-29(22)20-9-6-5-7-10-20/h5-17H,3-4H2,1-2H3,(H,26,30). The summed E-state index contributed by atoms with van der Waals surface area (Å²) in [7, 11) is 0. The normalized spacial score (nSPS) is 10.7. The van der Waals surface area contributed by atoms with Crippen molar-refractivity contribution >= 4 is 17.5 Å². The lowest BCUT2D eigenvalue weighted by molar-refractivity contribution is 0.0773. The van der Waals surface area contributed by atoms with Gasteiger partial charge in [0.05, 0.1) is 12.0 Å². The highest BCUT2D eigenvalue weighted by atomic mass is 16.3. The average Bonchev–Trinajstić information content (AvgIpc) is 3.51. The number of nitrogens with one attached hydrogen (secondary N) is 1. The second-order valence-electron chi connectivity index (χ2n) is 7.15. The van der Waals surface area contributed by atoms with E-state index in [2.05, 4.69) is 10.4 Å². The van der Waals surface area contributed by atoms with Crippen LogP contribution in [0, 0.1) is 0 Å². The van der Waals surface area contributed by atoms with Gasteiger partial charge in [-0.1, -0.05) is 18.2 Å². The molecule has 162 valence electrons. The van der Waals surface area contributed by atoms with E-state index in [9.17, 15) is 9.59 Å². The first-order chi connectivity index (χ1) is 15.6. The van der Waals surface area contributed by atoms with Crippen LogP contribution in [0.25, 0.3) is 17.1 Å². The van der Waals surface area contributed by atoms with Crippen LogP contribution in [0.3, 0.4) is 0 Å². The molecule has 0 aliphatic rings. The molecule has 1 N–H and O–H groups in total. The Labute approximate surface area is 186 Å². The van der Waals surface area contributed by atoms with Crippen LogP contribution in [0.15, 0.2) is 83.5 Å². The fourth-order valence-electron chi connectivity index (χ4n) is 3.44. The van der Waals surface area contributed by atoms with Gasteiger partial charge in [0.15, 0.2) is 5.76 Å². The van der Waals surface area contributed by atoms with E-state index in [1.807, 2.05) is 44.2 Å². The summed E-state index contributed by atoms with van der Waals surface area (Å²) in [5.41, 5.74) is 2.86. The van der Waals surface area contributed by atoms with E-state index in [1.165, 1.54) is 0 Å². The number of hydrogen-bond donors (Lipinski definition) is 1. The Morgan fingerprint density at radius 3 is 2.31 bits per heavy atom. The molecule has 2 amide bonds. The monoisotopic (exact) mass is 428 g/mol. The summed E-state index contributed by atoms with van der Waals surface area (Å²) in [4.78, 5) is 27.4. The number of nitrogens with zero attached hydrogens (tertiary/aromatic N) is 3. The maximum atomic E-state index is 13.1. The molecule has 32 heavy (non-hydrogen) atoms. The largest absolute Gasteiger partial charge is 0.463 e. The summed E-state index contributed by atoms with van der Waals surface area (Å²) < 4.78 is 7.04. The van der Waals surface area contributed by atoms with Gasteiger partial charge < -0.3 is 14.6 Å². The van der Waals surface area contributed by atoms with Gasteiger partial charge in [-0.15, -0.1) is 0 Å². The molecule has 0 saturated carbocycles. The third-order valence-electron chi connectivity index (χ3n) is 5.16. The van der Waals surface area contributed by atoms with Gasteiger partial charge in [-0.3, -0.25) is 9.59 Å². The Bertz CT molecular complexity index is 1190. The Kier molecular flexibility index (Phi) is 6.17. The van der Waals surface area contributed by atoms with Crippen molar-refractivity contribution in [2.75, 3.05) is 18.4 Å². The van der Waals surface area contributed by atoms with Gasteiger partial charge >= 0.3 is 0 Å². The maximum absolute atomic E-state index is 13.1. The molecule has 4 rings (SSSR count). The van der Waals surface area contributed by atoms with Gasteiger partial charge in [0.2, 0.25) is 0 Å². The minimum absolute atomic E-state index is 0.0295. The smallest absolute Gasteiger partial charge is 0.274 e. The number of para-hydroxylation sites is 1. The van der Waals surface area contributed by atoms with Crippen LogP contribution >= 0.6 is 0 Å². The van der Waals surface area contributed by atoms with Crippen LogP contribution in [-0.2, 0) is 0 Å². The Hall–Kier alpha value is -4.13. The number of anilines is 1. The van der Waals surface area contributed by atoms with Crippen molar-refractivity contribution in [1.29, 1.82) is 0 Å². The number of furan rings is 1. The fraction of sp³-hybridized carbons (Fsp3) is 0.160. The van der Waals surface area contributed by atoms with E-state index in [0.717, 1.165) is 5.69 Å². The molecule has 0 atom stereocenters. The van der Waals surface area contributed by atoms with E-state index in [4.69, 9.17) is 4.42 Å². The minimum Gasteiger partial charge on any atom is -0.463 e. The molecule has 2 aromatic carbocycles. The molecule has 7 nitrogen and oxygen atoms in total. The Morgan fingerprint density at radius 1 is 0.969 bits per heavy atom. The molecule has 0 aliphatic heterocycles. The summed E-state index contributed by atoms with van der Waals surface area (Å²) in [5.74, 6) is 0.230. The summed E-state index contributed by atoms with van der Waals surface area (Å²) in [6.07, 6.45) is 1.57. The molecule has 0 bridgehead atoms. The van der Waals surface area contributed by atoms with Crippen molar-refractivity contribution in [3.63, 3.8) is 0 Å². The number of aromatic nitrogens is 2. The summed E-state index contributed by atoms with van der Waals surface area (Å²) in [6.45, 7) is 5.19. The van der Waals surface area contributed by atoms with E-state index in [-0.39, 0.29) is 11.8 Å². The topological polar surface area (TPSA) is 80.4 Å². The molecule has 0 radical (unpaired) electrons. The van der Waals surface area contributed by atoms with Crippen molar-refractivity contribution < 1.29 is 14.0 Å². The van der Waals surface area contributed by atoms with Gasteiger partial charge in [0, 0.05) is 30.4 Å². The predicted octanol–water partition coefficient (Wildman–Crippen LogP) is 4.87. The first-order valence-electron chi connectivity index (χ1n) is 10.5. The number of carbonyl (C=O) groups is 2. The third kappa shape index (κ3) is 4.32. The highest BCUT2D eigenvalue weighted by Gasteiger charge is 2.19. The van der Waals surface area contributed by atoms with Crippen molar-refractivity contribution in [2.24, 2.45) is 0 Å². The molecule has 0 saturated heterocycles. The van der Waals surface area contributed by atoms with E-state index in [0.29, 0.717) is 41.5 Å². The van der Waals surface area contributed by atoms with E-state index in [1.54, 1.807) is 58.3 Å². The fourth-order valence-corrected chi connectivity index (χ4v) is 3.44. The minimum atomic E-state index is -0.318. The molecule has 2 heterocycles. The first-order valence-corrected chi connectivity index (χ1v) is 10.5. The van der Waals surface area contributed by atoms with Gasteiger partial charge in [-0.25, -0.2) is 4.68 Å². The number of hydrogen-bond acceptors (Lipinski definition) is 4. The van der Waals surface area contributed by atoms with Gasteiger partial charge in [-0.05, 0) is 62.4 Å². The van der Waals surface area contributed by atoms with Gasteiger partial charge in [0.25, 0.3) is 11.8 Å². The van der Waals surface area contributed by atoms with Gasteiger partial charge in [-0.2, -0.15) is 5.10 Å². The average molecular weight is 428 g/mol. The predicted molar refractivity (Wildman–Crippen MR) is 123 cm³/mol. The third-order valence-corrected chi connectivity index (χ3v) is 5.16. The molecule has 4 aromatic rings. The summed E-state index contributed by atoms with van der Waals surface area (Å²) in [6, 6.07) is 21.6. The van der Waals surface area contributed by atoms with Crippen molar-refractivity contribution in [1.82, 2.24) is 14.7 Å². The van der Waals surface area contributed by atoms with Gasteiger partial charge in [0.1, 0.15) is 11.4 Å². The molecule has 7 heteroatoms. The number of carbonyl (C=O) groups excluding carboxylic acids is 2. The van der Waals surface area contributed by atoms with Crippen LogP contribution < -0.4 is 5.32 Å². The second-order valence-corrected chi connectivity index (χ2v) is 7.15. The van der Waals surface area contributed by atoms with Crippen LogP contribution in [0.4, 0.5) is 5.69 Å². The van der Waals surface area contributed by atoms with Crippen LogP contribution in [0.1, 0.15) is 34.7 Å². The van der Waals surface area contributed by atoms with Crippen LogP contribution in [0.2, 0.25) is 0 Å². The molecular weight excluding hydrogens is 404 g/mol. The zero-order chi connectivity index (χ0) is 22.5. The van der Waals surface area contributed by atoms with E-state index >= 15 is 0 Å². The quantitative estimate of drug-likeness (QED) is 0.456. The van der Waals surface area contributed by atoms with E-state index < -0.39 is 0 Å². The Morgan fingerprint density at radius 2 is 1.69 bits per heavy atom. The number of rotatable bonds is 7. The number of benzene rings is 2. The second kappa shape index (κ2) is 9.34. The molecular formula is C25H24N4O3. The molecule has 0 aliphatic carbocycles. The SMILES string of the molecule is CCN(CC)C(=O)c1ccc(NC(=O)c2cc(-c3ccco3)nn2-c2ccccc2)cc1. The zero-order valence-electron chi connectivity index (χ0n) is 18.0. The molecule has 0 unspecified atom stereocenters. The lowest BCUT2D eigenvalue weighted by Gasteiger charge is -2.18. The highest BCUT2D eigenvalue weighted by molar-refractivity contribution is 6.04. The molecule has 0 fully saturated rings. The number of amides is 2. The van der Waals surface area contributed by atoms with Crippen molar-refractivity contribution in [2.45, 2.75) is 13.8 Å². The summed E-state index contributed by atoms with van der Waals surface area (Å²) in [5, 5.41) is 7.47. The zero-order valence-corrected chi connectivity index (χ0v) is 18.0. The Balaban J connectivity index is 1.60. The highest BCUT2D eigenvalue weighted by Crippen LogP contribution is 2.23. The van der Waals surface area contributed by atoms with Crippen molar-refractivity contribution in [3.05, 3.63) is 90.3 Å². The first kappa shape index (κ1) is 21.1. The lowest BCUT2D eigenvalue weighted by Crippen LogP contribution is -2.30. The molecule has 0 spiro atoms. The van der Waals surface area contributed by atoms with Crippen LogP contribution in [-0.4, -0.2) is 39.6 Å².